The molecule has 0 aromatic heterocycles. The summed E-state index contributed by atoms with van der Waals surface area (Å²) in [6.45, 7) is 2.03. The third-order valence-corrected chi connectivity index (χ3v) is 1.71. The van der Waals surface area contributed by atoms with Crippen molar-refractivity contribution in [2.75, 3.05) is 6.54 Å². The van der Waals surface area contributed by atoms with Crippen LogP contribution in [0.4, 0.5) is 8.78 Å². The Labute approximate surface area is 75.9 Å². The summed E-state index contributed by atoms with van der Waals surface area (Å²) in [5, 5.41) is 0. The zero-order valence-corrected chi connectivity index (χ0v) is 7.35. The van der Waals surface area contributed by atoms with E-state index in [2.05, 4.69) is 0 Å². The fraction of sp³-hybridized carbons (Fsp3) is 0.200. The molecule has 2 N–H and O–H groups in total. The predicted molar refractivity (Wildman–Crippen MR) is 49.1 cm³/mol. The van der Waals surface area contributed by atoms with E-state index in [9.17, 15) is 8.78 Å². The topological polar surface area (TPSA) is 26.0 Å². The number of rotatable bonds is 2. The summed E-state index contributed by atoms with van der Waals surface area (Å²) in [5.74, 6) is -1.12. The van der Waals surface area contributed by atoms with Gasteiger partial charge in [0, 0.05) is 12.1 Å². The second-order valence-corrected chi connectivity index (χ2v) is 2.83. The molecule has 1 aromatic carbocycles. The Bertz CT molecular complexity index is 311. The monoisotopic (exact) mass is 183 g/mol. The summed E-state index contributed by atoms with van der Waals surface area (Å²) >= 11 is 0. The Morgan fingerprint density at radius 1 is 1.38 bits per heavy atom. The van der Waals surface area contributed by atoms with E-state index in [-0.39, 0.29) is 5.56 Å². The average molecular weight is 183 g/mol. The van der Waals surface area contributed by atoms with Crippen molar-refractivity contribution in [3.05, 3.63) is 41.0 Å². The van der Waals surface area contributed by atoms with Gasteiger partial charge in [-0.1, -0.05) is 11.6 Å². The number of halogens is 2. The molecule has 0 aliphatic heterocycles. The van der Waals surface area contributed by atoms with Gasteiger partial charge in [-0.15, -0.1) is 0 Å². The van der Waals surface area contributed by atoms with Crippen molar-refractivity contribution < 1.29 is 8.78 Å². The van der Waals surface area contributed by atoms with Crippen LogP contribution in [0.2, 0.25) is 0 Å². The van der Waals surface area contributed by atoms with Crippen LogP contribution in [-0.4, -0.2) is 6.54 Å². The molecule has 0 unspecified atom stereocenters. The van der Waals surface area contributed by atoms with Crippen LogP contribution in [0.25, 0.3) is 6.08 Å². The maximum Gasteiger partial charge on any atom is 0.133 e. The quantitative estimate of drug-likeness (QED) is 0.748. The molecule has 1 aromatic rings. The Morgan fingerprint density at radius 2 is 1.92 bits per heavy atom. The van der Waals surface area contributed by atoms with Gasteiger partial charge >= 0.3 is 0 Å². The fourth-order valence-electron chi connectivity index (χ4n) is 0.954. The SMILES string of the molecule is CC(=Cc1c(F)cccc1F)CN. The maximum absolute atomic E-state index is 13.0. The second kappa shape index (κ2) is 4.14. The number of nitrogens with two attached hydrogens (primary N) is 1. The van der Waals surface area contributed by atoms with Crippen molar-refractivity contribution in [2.24, 2.45) is 5.73 Å². The molecule has 1 rings (SSSR count). The molecule has 0 bridgehead atoms. The Morgan fingerprint density at radius 3 is 2.38 bits per heavy atom. The lowest BCUT2D eigenvalue weighted by atomic mass is 10.1. The highest BCUT2D eigenvalue weighted by Gasteiger charge is 2.04. The molecule has 0 saturated carbocycles. The molecule has 0 aliphatic carbocycles. The molecule has 0 radical (unpaired) electrons. The van der Waals surface area contributed by atoms with E-state index in [1.54, 1.807) is 6.92 Å². The van der Waals surface area contributed by atoms with Crippen molar-refractivity contribution in [3.8, 4) is 0 Å². The van der Waals surface area contributed by atoms with Crippen LogP contribution in [0.1, 0.15) is 12.5 Å². The third-order valence-electron chi connectivity index (χ3n) is 1.71. The summed E-state index contributed by atoms with van der Waals surface area (Å²) in [6, 6.07) is 3.78. The zero-order chi connectivity index (χ0) is 9.84. The highest BCUT2D eigenvalue weighted by Crippen LogP contribution is 2.15. The Hall–Kier alpha value is -1.22. The van der Waals surface area contributed by atoms with Crippen LogP contribution in [0.15, 0.2) is 23.8 Å². The number of hydrogen-bond donors (Lipinski definition) is 1. The Balaban J connectivity index is 3.14. The molecule has 0 saturated heterocycles. The van der Waals surface area contributed by atoms with Gasteiger partial charge in [0.15, 0.2) is 0 Å². The van der Waals surface area contributed by atoms with Crippen LogP contribution < -0.4 is 5.73 Å². The minimum atomic E-state index is -0.562. The minimum Gasteiger partial charge on any atom is -0.327 e. The molecule has 0 amide bonds. The van der Waals surface area contributed by atoms with Crippen molar-refractivity contribution in [1.29, 1.82) is 0 Å². The lowest BCUT2D eigenvalue weighted by Crippen LogP contribution is -2.00. The van der Waals surface area contributed by atoms with Gasteiger partial charge in [-0.25, -0.2) is 8.78 Å². The van der Waals surface area contributed by atoms with E-state index in [1.807, 2.05) is 0 Å². The summed E-state index contributed by atoms with van der Waals surface area (Å²) in [4.78, 5) is 0. The predicted octanol–water partition coefficient (Wildman–Crippen LogP) is 2.33. The normalized spacial score (nSPS) is 11.8. The first-order valence-electron chi connectivity index (χ1n) is 3.96. The minimum absolute atomic E-state index is 0.0227. The van der Waals surface area contributed by atoms with Crippen LogP contribution in [-0.2, 0) is 0 Å². The van der Waals surface area contributed by atoms with Gasteiger partial charge < -0.3 is 5.73 Å². The molecule has 0 heterocycles. The van der Waals surface area contributed by atoms with Gasteiger partial charge in [0.1, 0.15) is 11.6 Å². The smallest absolute Gasteiger partial charge is 0.133 e. The summed E-state index contributed by atoms with van der Waals surface area (Å²) in [6.07, 6.45) is 1.42. The van der Waals surface area contributed by atoms with Crippen molar-refractivity contribution in [3.63, 3.8) is 0 Å². The average Bonchev–Trinajstić information content (AvgIpc) is 2.11. The summed E-state index contributed by atoms with van der Waals surface area (Å²) in [5.41, 5.74) is 6.02. The van der Waals surface area contributed by atoms with E-state index in [0.717, 1.165) is 5.57 Å². The molecule has 0 atom stereocenters. The summed E-state index contributed by atoms with van der Waals surface area (Å²) < 4.78 is 26.0. The largest absolute Gasteiger partial charge is 0.327 e. The molecule has 70 valence electrons. The number of benzene rings is 1. The van der Waals surface area contributed by atoms with E-state index in [1.165, 1.54) is 24.3 Å². The van der Waals surface area contributed by atoms with Crippen LogP contribution in [0, 0.1) is 11.6 Å². The van der Waals surface area contributed by atoms with Crippen molar-refractivity contribution >= 4 is 6.08 Å². The molecule has 1 nitrogen and oxygen atoms in total. The second-order valence-electron chi connectivity index (χ2n) is 2.83. The zero-order valence-electron chi connectivity index (χ0n) is 7.35. The molecular formula is C10H11F2N. The Kier molecular flexibility index (Phi) is 3.14. The first-order valence-corrected chi connectivity index (χ1v) is 3.96. The molecular weight excluding hydrogens is 172 g/mol. The highest BCUT2D eigenvalue weighted by atomic mass is 19.1. The van der Waals surface area contributed by atoms with E-state index in [4.69, 9.17) is 5.73 Å². The van der Waals surface area contributed by atoms with Crippen LogP contribution >= 0.6 is 0 Å². The lowest BCUT2D eigenvalue weighted by Gasteiger charge is -2.00. The maximum atomic E-state index is 13.0. The van der Waals surface area contributed by atoms with Gasteiger partial charge in [0.05, 0.1) is 0 Å². The van der Waals surface area contributed by atoms with Crippen molar-refractivity contribution in [1.82, 2.24) is 0 Å². The first kappa shape index (κ1) is 9.86. The lowest BCUT2D eigenvalue weighted by molar-refractivity contribution is 0.578. The molecule has 0 spiro atoms. The summed E-state index contributed by atoms with van der Waals surface area (Å²) in [7, 11) is 0. The van der Waals surface area contributed by atoms with Gasteiger partial charge in [-0.2, -0.15) is 0 Å². The molecule has 13 heavy (non-hydrogen) atoms. The van der Waals surface area contributed by atoms with Gasteiger partial charge in [-0.05, 0) is 25.1 Å². The highest BCUT2D eigenvalue weighted by molar-refractivity contribution is 5.53. The molecule has 0 fully saturated rings. The number of hydrogen-bond acceptors (Lipinski definition) is 1. The van der Waals surface area contributed by atoms with Gasteiger partial charge in [0.25, 0.3) is 0 Å². The van der Waals surface area contributed by atoms with Crippen molar-refractivity contribution in [2.45, 2.75) is 6.92 Å². The van der Waals surface area contributed by atoms with E-state index in [0.29, 0.717) is 6.54 Å². The fourth-order valence-corrected chi connectivity index (χ4v) is 0.954. The van der Waals surface area contributed by atoms with E-state index < -0.39 is 11.6 Å². The van der Waals surface area contributed by atoms with Gasteiger partial charge in [0.2, 0.25) is 0 Å². The molecule has 0 aliphatic rings. The van der Waals surface area contributed by atoms with Gasteiger partial charge in [-0.3, -0.25) is 0 Å². The third kappa shape index (κ3) is 2.36. The standard InChI is InChI=1S/C10H11F2N/c1-7(6-13)5-8-9(11)3-2-4-10(8)12/h2-5H,6,13H2,1H3. The van der Waals surface area contributed by atoms with Crippen LogP contribution in [0.3, 0.4) is 0 Å². The van der Waals surface area contributed by atoms with E-state index >= 15 is 0 Å². The molecule has 3 heteroatoms. The first-order chi connectivity index (χ1) is 6.15. The van der Waals surface area contributed by atoms with Crippen LogP contribution in [0.5, 0.6) is 0 Å².